The molecule has 0 amide bonds. The van der Waals surface area contributed by atoms with E-state index in [1.54, 1.807) is 16.4 Å². The van der Waals surface area contributed by atoms with Crippen molar-refractivity contribution in [3.05, 3.63) is 71.4 Å². The van der Waals surface area contributed by atoms with Crippen molar-refractivity contribution in [1.82, 2.24) is 9.78 Å². The van der Waals surface area contributed by atoms with E-state index in [0.29, 0.717) is 6.42 Å². The number of hydrogen-bond acceptors (Lipinski definition) is 12. The van der Waals surface area contributed by atoms with Gasteiger partial charge in [0.15, 0.2) is 12.2 Å². The van der Waals surface area contributed by atoms with Gasteiger partial charge in [0.1, 0.15) is 12.7 Å². The minimum absolute atomic E-state index is 0.172. The van der Waals surface area contributed by atoms with Gasteiger partial charge in [-0.3, -0.25) is 19.2 Å². The van der Waals surface area contributed by atoms with E-state index in [9.17, 15) is 19.2 Å². The number of aromatic nitrogens is 2. The third kappa shape index (κ3) is 8.64. The molecule has 1 aliphatic rings. The molecule has 0 radical (unpaired) electrons. The number of hydrogen-bond donors (Lipinski definition) is 0. The van der Waals surface area contributed by atoms with E-state index < -0.39 is 54.6 Å². The van der Waals surface area contributed by atoms with Crippen molar-refractivity contribution >= 4 is 35.6 Å². The summed E-state index contributed by atoms with van der Waals surface area (Å²) in [7, 11) is 0. The van der Waals surface area contributed by atoms with Crippen LogP contribution < -0.4 is 4.74 Å². The maximum absolute atomic E-state index is 12.3. The smallest absolute Gasteiger partial charge is 0.303 e. The summed E-state index contributed by atoms with van der Waals surface area (Å²) in [6, 6.07) is 17.5. The highest BCUT2D eigenvalue weighted by Gasteiger charge is 2.53. The number of nitrogens with zero attached hydrogens (tertiary/aromatic N) is 2. The zero-order valence-corrected chi connectivity index (χ0v) is 26.7. The number of carbonyl (C=O) groups is 4. The fourth-order valence-electron chi connectivity index (χ4n) is 4.97. The Morgan fingerprint density at radius 2 is 1.42 bits per heavy atom. The number of thioether (sulfide) groups is 1. The minimum Gasteiger partial charge on any atom is -0.463 e. The Morgan fingerprint density at radius 3 is 2.00 bits per heavy atom. The van der Waals surface area contributed by atoms with Crippen molar-refractivity contribution in [2.45, 2.75) is 76.6 Å². The topological polar surface area (TPSA) is 141 Å². The molecule has 0 N–H and O–H groups in total. The number of ether oxygens (including phenoxy) is 6. The van der Waals surface area contributed by atoms with Crippen molar-refractivity contribution in [3.63, 3.8) is 0 Å². The molecule has 0 spiro atoms. The van der Waals surface area contributed by atoms with Gasteiger partial charge in [-0.05, 0) is 43.0 Å². The lowest BCUT2D eigenvalue weighted by molar-refractivity contribution is -0.289. The van der Waals surface area contributed by atoms with Crippen LogP contribution in [0.1, 0.15) is 44.5 Å². The highest BCUT2D eigenvalue weighted by molar-refractivity contribution is 7.98. The Balaban J connectivity index is 1.80. The first-order valence-electron chi connectivity index (χ1n) is 14.2. The summed E-state index contributed by atoms with van der Waals surface area (Å²) in [5.41, 5.74) is 3.29. The molecule has 13 heteroatoms. The maximum atomic E-state index is 12.3. The fraction of sp³-hybridized carbons (Fsp3) is 0.406. The Hall–Kier alpha value is -4.36. The molecule has 0 saturated carbocycles. The Morgan fingerprint density at radius 1 is 0.822 bits per heavy atom. The highest BCUT2D eigenvalue weighted by Crippen LogP contribution is 2.34. The molecule has 0 bridgehead atoms. The Labute approximate surface area is 265 Å². The second-order valence-electron chi connectivity index (χ2n) is 10.3. The summed E-state index contributed by atoms with van der Waals surface area (Å²) < 4.78 is 36.1. The average Bonchev–Trinajstić information content (AvgIpc) is 3.29. The van der Waals surface area contributed by atoms with Crippen LogP contribution in [0.15, 0.2) is 59.5 Å². The zero-order valence-electron chi connectivity index (χ0n) is 25.9. The Bertz CT molecular complexity index is 1510. The van der Waals surface area contributed by atoms with Crippen molar-refractivity contribution < 1.29 is 47.6 Å². The highest BCUT2D eigenvalue weighted by atomic mass is 32.2. The van der Waals surface area contributed by atoms with Crippen LogP contribution in [0, 0.1) is 6.92 Å². The summed E-state index contributed by atoms with van der Waals surface area (Å²) in [6.07, 6.45) is -4.18. The average molecular weight is 641 g/mol. The van der Waals surface area contributed by atoms with Crippen molar-refractivity contribution in [2.24, 2.45) is 0 Å². The normalized spacial score (nSPS) is 21.0. The predicted octanol–water partition coefficient (Wildman–Crippen LogP) is 3.96. The summed E-state index contributed by atoms with van der Waals surface area (Å²) in [4.78, 5) is 49.4. The van der Waals surface area contributed by atoms with Gasteiger partial charge in [-0.15, -0.1) is 16.9 Å². The van der Waals surface area contributed by atoms with Gasteiger partial charge in [0.05, 0.1) is 5.69 Å². The molecule has 1 saturated heterocycles. The van der Waals surface area contributed by atoms with Gasteiger partial charge < -0.3 is 28.4 Å². The van der Waals surface area contributed by atoms with E-state index in [4.69, 9.17) is 33.5 Å². The first-order chi connectivity index (χ1) is 21.5. The van der Waals surface area contributed by atoms with Crippen molar-refractivity contribution in [1.29, 1.82) is 0 Å². The van der Waals surface area contributed by atoms with E-state index in [2.05, 4.69) is 0 Å². The molecule has 4 rings (SSSR count). The zero-order chi connectivity index (χ0) is 32.7. The molecule has 45 heavy (non-hydrogen) atoms. The molecule has 1 aliphatic heterocycles. The number of benzene rings is 2. The summed E-state index contributed by atoms with van der Waals surface area (Å²) in [5, 5.41) is 4.76. The fourth-order valence-corrected chi connectivity index (χ4v) is 5.38. The standard InChI is InChI=1S/C32H36N2O10S/c1-18-26(16-23-12-14-25(45-6)15-13-23)31(33-34(18)24-10-8-7-9-11-24)44-32-30(42-22(5)38)29(41-21(4)37)28(40-20(3)36)27(43-32)17-39-19(2)35/h7-15,27-30,32H,16-17H2,1-6H3/t27-,28-,29+,30-,32+/m1/s1. The first kappa shape index (κ1) is 33.5. The molecule has 3 aromatic rings. The van der Waals surface area contributed by atoms with E-state index in [-0.39, 0.29) is 12.5 Å². The molecule has 1 fully saturated rings. The SMILES string of the molecule is CSc1ccc(Cc2c(O[C@@H]3O[C@H](COC(C)=O)[C@@H](OC(C)=O)[C@H](OC(C)=O)[C@H]3OC(C)=O)nn(-c3ccccc3)c2C)cc1. The summed E-state index contributed by atoms with van der Waals surface area (Å²) in [5.74, 6) is -2.63. The molecule has 5 atom stereocenters. The molecule has 2 aromatic carbocycles. The molecule has 2 heterocycles. The van der Waals surface area contributed by atoms with Gasteiger partial charge in [0, 0.05) is 50.3 Å². The summed E-state index contributed by atoms with van der Waals surface area (Å²) in [6.45, 7) is 6.24. The molecular weight excluding hydrogens is 604 g/mol. The van der Waals surface area contributed by atoms with Crippen LogP contribution in [0.5, 0.6) is 5.88 Å². The third-order valence-electron chi connectivity index (χ3n) is 6.92. The molecule has 0 aliphatic carbocycles. The second kappa shape index (κ2) is 15.1. The maximum Gasteiger partial charge on any atom is 0.303 e. The van der Waals surface area contributed by atoms with E-state index in [1.165, 1.54) is 13.8 Å². The number of esters is 4. The number of rotatable bonds is 11. The van der Waals surface area contributed by atoms with Gasteiger partial charge >= 0.3 is 23.9 Å². The molecule has 1 aromatic heterocycles. The van der Waals surface area contributed by atoms with Gasteiger partial charge in [-0.25, -0.2) is 4.68 Å². The molecule has 0 unspecified atom stereocenters. The van der Waals surface area contributed by atoms with Crippen LogP contribution in [0.3, 0.4) is 0 Å². The lowest BCUT2D eigenvalue weighted by atomic mass is 9.98. The van der Waals surface area contributed by atoms with Crippen LogP contribution >= 0.6 is 11.8 Å². The number of carbonyl (C=O) groups excluding carboxylic acids is 4. The van der Waals surface area contributed by atoms with E-state index in [0.717, 1.165) is 41.3 Å². The first-order valence-corrected chi connectivity index (χ1v) is 15.4. The van der Waals surface area contributed by atoms with Crippen LogP contribution in [-0.4, -0.2) is 77.2 Å². The second-order valence-corrected chi connectivity index (χ2v) is 11.2. The van der Waals surface area contributed by atoms with Crippen LogP contribution in [0.4, 0.5) is 0 Å². The number of para-hydroxylation sites is 1. The third-order valence-corrected chi connectivity index (χ3v) is 7.66. The largest absolute Gasteiger partial charge is 0.463 e. The summed E-state index contributed by atoms with van der Waals surface area (Å²) >= 11 is 1.64. The van der Waals surface area contributed by atoms with E-state index >= 15 is 0 Å². The molecule has 240 valence electrons. The van der Waals surface area contributed by atoms with Gasteiger partial charge in [0.2, 0.25) is 18.3 Å². The van der Waals surface area contributed by atoms with Crippen molar-refractivity contribution in [2.75, 3.05) is 12.9 Å². The Kier molecular flexibility index (Phi) is 11.2. The molecular formula is C32H36N2O10S. The predicted molar refractivity (Wildman–Crippen MR) is 162 cm³/mol. The van der Waals surface area contributed by atoms with E-state index in [1.807, 2.05) is 67.8 Å². The van der Waals surface area contributed by atoms with Crippen LogP contribution in [0.2, 0.25) is 0 Å². The quantitative estimate of drug-likeness (QED) is 0.170. The van der Waals surface area contributed by atoms with Crippen LogP contribution in [-0.2, 0) is 49.3 Å². The monoisotopic (exact) mass is 640 g/mol. The van der Waals surface area contributed by atoms with Gasteiger partial charge in [-0.2, -0.15) is 0 Å². The lowest BCUT2D eigenvalue weighted by Gasteiger charge is -2.43. The lowest BCUT2D eigenvalue weighted by Crippen LogP contribution is -2.63. The minimum atomic E-state index is -1.42. The van der Waals surface area contributed by atoms with Gasteiger partial charge in [0.25, 0.3) is 0 Å². The molecule has 12 nitrogen and oxygen atoms in total. The van der Waals surface area contributed by atoms with Crippen LogP contribution in [0.25, 0.3) is 5.69 Å². The van der Waals surface area contributed by atoms with Crippen molar-refractivity contribution in [3.8, 4) is 11.6 Å². The van der Waals surface area contributed by atoms with Gasteiger partial charge in [-0.1, -0.05) is 30.3 Å².